The highest BCUT2D eigenvalue weighted by molar-refractivity contribution is 6.36. The van der Waals surface area contributed by atoms with Gasteiger partial charge in [0.2, 0.25) is 0 Å². The Balaban J connectivity index is 2.74. The van der Waals surface area contributed by atoms with E-state index in [9.17, 15) is 4.79 Å². The zero-order valence-electron chi connectivity index (χ0n) is 10.4. The number of halogens is 2. The number of Topliss-reactive ketones (excluding diaryl/α,β-unsaturated/α-hetero) is 1. The molecule has 0 spiro atoms. The first-order chi connectivity index (χ1) is 8.41. The lowest BCUT2D eigenvalue weighted by Crippen LogP contribution is -1.96. The molecule has 4 heteroatoms. The second-order valence-electron chi connectivity index (χ2n) is 4.31. The quantitative estimate of drug-likeness (QED) is 0.788. The summed E-state index contributed by atoms with van der Waals surface area (Å²) in [4.78, 5) is 14.9. The highest BCUT2D eigenvalue weighted by atomic mass is 35.5. The summed E-state index contributed by atoms with van der Waals surface area (Å²) < 4.78 is 0. The molecule has 0 unspecified atom stereocenters. The monoisotopic (exact) mass is 281 g/mol. The lowest BCUT2D eigenvalue weighted by Gasteiger charge is -2.07. The van der Waals surface area contributed by atoms with E-state index in [1.54, 1.807) is 19.1 Å². The van der Waals surface area contributed by atoms with Gasteiger partial charge in [-0.15, -0.1) is 0 Å². The lowest BCUT2D eigenvalue weighted by molar-refractivity contribution is 0.101. The third kappa shape index (κ3) is 2.18. The van der Waals surface area contributed by atoms with E-state index in [0.717, 1.165) is 22.5 Å². The molecular formula is C14H13Cl2NO. The van der Waals surface area contributed by atoms with Gasteiger partial charge in [-0.2, -0.15) is 0 Å². The molecule has 2 rings (SSSR count). The molecule has 1 aromatic heterocycles. The summed E-state index contributed by atoms with van der Waals surface area (Å²) in [5.74, 6) is 0.0258. The van der Waals surface area contributed by atoms with E-state index in [0.29, 0.717) is 15.6 Å². The molecule has 1 N–H and O–H groups in total. The number of H-pyrrole nitrogens is 1. The predicted molar refractivity (Wildman–Crippen MR) is 75.7 cm³/mol. The zero-order chi connectivity index (χ0) is 13.4. The van der Waals surface area contributed by atoms with E-state index in [1.165, 1.54) is 0 Å². The minimum Gasteiger partial charge on any atom is -0.362 e. The van der Waals surface area contributed by atoms with Gasteiger partial charge in [0, 0.05) is 38.1 Å². The molecule has 0 aliphatic carbocycles. The van der Waals surface area contributed by atoms with Crippen molar-refractivity contribution in [1.82, 2.24) is 4.98 Å². The van der Waals surface area contributed by atoms with E-state index < -0.39 is 0 Å². The standard InChI is InChI=1S/C14H13Cl2NO/c1-7-13(9(3)18)14(8(2)17-7)11-5-4-10(15)6-12(11)16/h4-6,17H,1-3H3. The largest absolute Gasteiger partial charge is 0.362 e. The van der Waals surface area contributed by atoms with Crippen LogP contribution in [0.1, 0.15) is 28.7 Å². The van der Waals surface area contributed by atoms with E-state index in [-0.39, 0.29) is 5.78 Å². The van der Waals surface area contributed by atoms with E-state index >= 15 is 0 Å². The summed E-state index contributed by atoms with van der Waals surface area (Å²) in [7, 11) is 0. The molecule has 0 fully saturated rings. The van der Waals surface area contributed by atoms with Crippen molar-refractivity contribution in [3.05, 3.63) is 45.2 Å². The van der Waals surface area contributed by atoms with Crippen molar-refractivity contribution in [2.75, 3.05) is 0 Å². The Hall–Kier alpha value is -1.25. The van der Waals surface area contributed by atoms with Crippen LogP contribution in [0.3, 0.4) is 0 Å². The minimum absolute atomic E-state index is 0.0258. The maximum atomic E-state index is 11.8. The van der Waals surface area contributed by atoms with Gasteiger partial charge in [-0.1, -0.05) is 29.3 Å². The number of aromatic nitrogens is 1. The zero-order valence-corrected chi connectivity index (χ0v) is 11.9. The number of carbonyl (C=O) groups excluding carboxylic acids is 1. The average molecular weight is 282 g/mol. The van der Waals surface area contributed by atoms with Crippen molar-refractivity contribution >= 4 is 29.0 Å². The fourth-order valence-electron chi connectivity index (χ4n) is 2.25. The number of rotatable bonds is 2. The highest BCUT2D eigenvalue weighted by Gasteiger charge is 2.19. The maximum Gasteiger partial charge on any atom is 0.162 e. The smallest absolute Gasteiger partial charge is 0.162 e. The molecule has 0 bridgehead atoms. The Morgan fingerprint density at radius 3 is 2.39 bits per heavy atom. The maximum absolute atomic E-state index is 11.8. The predicted octanol–water partition coefficient (Wildman–Crippen LogP) is 4.81. The lowest BCUT2D eigenvalue weighted by atomic mass is 9.98. The number of aromatic amines is 1. The van der Waals surface area contributed by atoms with Gasteiger partial charge in [0.25, 0.3) is 0 Å². The van der Waals surface area contributed by atoms with Crippen molar-refractivity contribution in [3.8, 4) is 11.1 Å². The van der Waals surface area contributed by atoms with Crippen LogP contribution >= 0.6 is 23.2 Å². The molecule has 0 radical (unpaired) electrons. The number of hydrogen-bond acceptors (Lipinski definition) is 1. The fourth-order valence-corrected chi connectivity index (χ4v) is 2.75. The summed E-state index contributed by atoms with van der Waals surface area (Å²) in [6, 6.07) is 5.30. The summed E-state index contributed by atoms with van der Waals surface area (Å²) >= 11 is 12.1. The van der Waals surface area contributed by atoms with E-state index in [1.807, 2.05) is 19.9 Å². The number of carbonyl (C=O) groups is 1. The van der Waals surface area contributed by atoms with Gasteiger partial charge in [-0.25, -0.2) is 0 Å². The van der Waals surface area contributed by atoms with Crippen LogP contribution in [0.4, 0.5) is 0 Å². The summed E-state index contributed by atoms with van der Waals surface area (Å²) in [6.45, 7) is 5.37. The van der Waals surface area contributed by atoms with Crippen LogP contribution in [-0.2, 0) is 0 Å². The second kappa shape index (κ2) is 4.79. The Morgan fingerprint density at radius 1 is 1.17 bits per heavy atom. The molecule has 94 valence electrons. The van der Waals surface area contributed by atoms with Crippen molar-refractivity contribution in [2.45, 2.75) is 20.8 Å². The van der Waals surface area contributed by atoms with Gasteiger partial charge in [0.15, 0.2) is 5.78 Å². The van der Waals surface area contributed by atoms with Gasteiger partial charge in [0.05, 0.1) is 0 Å². The average Bonchev–Trinajstić information content (AvgIpc) is 2.53. The minimum atomic E-state index is 0.0258. The first-order valence-corrected chi connectivity index (χ1v) is 6.33. The summed E-state index contributed by atoms with van der Waals surface area (Å²) in [5.41, 5.74) is 4.18. The third-order valence-corrected chi connectivity index (χ3v) is 3.48. The molecule has 2 nitrogen and oxygen atoms in total. The molecule has 2 aromatic rings. The van der Waals surface area contributed by atoms with Crippen molar-refractivity contribution in [3.63, 3.8) is 0 Å². The van der Waals surface area contributed by atoms with Gasteiger partial charge >= 0.3 is 0 Å². The second-order valence-corrected chi connectivity index (χ2v) is 5.15. The van der Waals surface area contributed by atoms with E-state index in [2.05, 4.69) is 4.98 Å². The molecule has 0 aliphatic rings. The number of hydrogen-bond donors (Lipinski definition) is 1. The first kappa shape index (κ1) is 13.2. The number of benzene rings is 1. The Morgan fingerprint density at radius 2 is 1.83 bits per heavy atom. The Bertz CT molecular complexity index is 629. The first-order valence-electron chi connectivity index (χ1n) is 5.57. The number of ketones is 1. The van der Waals surface area contributed by atoms with Crippen molar-refractivity contribution in [2.24, 2.45) is 0 Å². The normalized spacial score (nSPS) is 10.7. The van der Waals surface area contributed by atoms with Gasteiger partial charge in [-0.05, 0) is 32.9 Å². The molecule has 1 aromatic carbocycles. The van der Waals surface area contributed by atoms with Crippen LogP contribution < -0.4 is 0 Å². The Kier molecular flexibility index (Phi) is 3.51. The fraction of sp³-hybridized carbons (Fsp3) is 0.214. The van der Waals surface area contributed by atoms with Crippen LogP contribution in [-0.4, -0.2) is 10.8 Å². The van der Waals surface area contributed by atoms with E-state index in [4.69, 9.17) is 23.2 Å². The van der Waals surface area contributed by atoms with Crippen molar-refractivity contribution in [1.29, 1.82) is 0 Å². The third-order valence-electron chi connectivity index (χ3n) is 2.93. The van der Waals surface area contributed by atoms with Gasteiger partial charge in [0.1, 0.15) is 0 Å². The van der Waals surface area contributed by atoms with Crippen LogP contribution in [0.5, 0.6) is 0 Å². The van der Waals surface area contributed by atoms with Crippen LogP contribution in [0.2, 0.25) is 10.0 Å². The highest BCUT2D eigenvalue weighted by Crippen LogP contribution is 2.36. The molecule has 0 amide bonds. The van der Waals surface area contributed by atoms with Crippen LogP contribution in [0.25, 0.3) is 11.1 Å². The molecule has 1 heterocycles. The van der Waals surface area contributed by atoms with Crippen LogP contribution in [0.15, 0.2) is 18.2 Å². The summed E-state index contributed by atoms with van der Waals surface area (Å²) in [6.07, 6.45) is 0. The molecule has 0 saturated heterocycles. The number of aryl methyl sites for hydroxylation is 2. The van der Waals surface area contributed by atoms with Crippen LogP contribution in [0, 0.1) is 13.8 Å². The molecular weight excluding hydrogens is 269 g/mol. The van der Waals surface area contributed by atoms with Crippen molar-refractivity contribution < 1.29 is 4.79 Å². The topological polar surface area (TPSA) is 32.9 Å². The van der Waals surface area contributed by atoms with Gasteiger partial charge in [-0.3, -0.25) is 4.79 Å². The Labute approximate surface area is 116 Å². The molecule has 18 heavy (non-hydrogen) atoms. The molecule has 0 saturated carbocycles. The molecule has 0 aliphatic heterocycles. The SMILES string of the molecule is CC(=O)c1c(C)[nH]c(C)c1-c1ccc(Cl)cc1Cl. The van der Waals surface area contributed by atoms with Gasteiger partial charge < -0.3 is 4.98 Å². The molecule has 0 atom stereocenters. The number of nitrogens with one attached hydrogen (secondary N) is 1. The summed E-state index contributed by atoms with van der Waals surface area (Å²) in [5, 5.41) is 1.13.